The minimum absolute atomic E-state index is 0.135. The number of rotatable bonds is 4. The molecule has 1 heterocycles. The second kappa shape index (κ2) is 4.51. The summed E-state index contributed by atoms with van der Waals surface area (Å²) < 4.78 is 1.40. The summed E-state index contributed by atoms with van der Waals surface area (Å²) in [6, 6.07) is 1.35. The maximum absolute atomic E-state index is 10.8. The maximum atomic E-state index is 10.8. The van der Waals surface area contributed by atoms with Crippen LogP contribution in [0.2, 0.25) is 0 Å². The van der Waals surface area contributed by atoms with Crippen LogP contribution in [0.15, 0.2) is 6.07 Å². The average molecular weight is 213 g/mol. The highest BCUT2D eigenvalue weighted by molar-refractivity contribution is 5.75. The SMILES string of the molecule is Cc1cc([N+](=O)[O-])nn1CCC(=O)NN. The van der Waals surface area contributed by atoms with Gasteiger partial charge in [-0.05, 0) is 11.8 Å². The molecule has 8 heteroatoms. The van der Waals surface area contributed by atoms with E-state index in [9.17, 15) is 14.9 Å². The summed E-state index contributed by atoms with van der Waals surface area (Å²) in [5.74, 6) is 4.33. The van der Waals surface area contributed by atoms with E-state index < -0.39 is 4.92 Å². The number of nitrogens with zero attached hydrogens (tertiary/aromatic N) is 3. The second-order valence-electron chi connectivity index (χ2n) is 2.94. The van der Waals surface area contributed by atoms with Crippen molar-refractivity contribution in [1.82, 2.24) is 15.2 Å². The van der Waals surface area contributed by atoms with Gasteiger partial charge in [0, 0.05) is 6.42 Å². The zero-order valence-electron chi connectivity index (χ0n) is 8.14. The van der Waals surface area contributed by atoms with E-state index >= 15 is 0 Å². The molecule has 82 valence electrons. The van der Waals surface area contributed by atoms with Crippen LogP contribution in [0.5, 0.6) is 0 Å². The summed E-state index contributed by atoms with van der Waals surface area (Å²) in [7, 11) is 0. The number of hydrogen-bond acceptors (Lipinski definition) is 5. The van der Waals surface area contributed by atoms with Crippen molar-refractivity contribution in [3.8, 4) is 0 Å². The molecule has 15 heavy (non-hydrogen) atoms. The molecule has 0 fully saturated rings. The van der Waals surface area contributed by atoms with Crippen molar-refractivity contribution < 1.29 is 9.72 Å². The minimum atomic E-state index is -0.577. The fourth-order valence-electron chi connectivity index (χ4n) is 1.09. The predicted octanol–water partition coefficient (Wildman–Crippen LogP) is -0.520. The summed E-state index contributed by atoms with van der Waals surface area (Å²) in [4.78, 5) is 20.6. The number of carbonyl (C=O) groups excluding carboxylic acids is 1. The van der Waals surface area contributed by atoms with E-state index in [0.29, 0.717) is 5.69 Å². The third-order valence-electron chi connectivity index (χ3n) is 1.87. The largest absolute Gasteiger partial charge is 0.390 e. The third kappa shape index (κ3) is 2.74. The molecule has 0 saturated heterocycles. The van der Waals surface area contributed by atoms with Crippen molar-refractivity contribution >= 4 is 11.7 Å². The summed E-state index contributed by atoms with van der Waals surface area (Å²) in [5.41, 5.74) is 2.60. The Morgan fingerprint density at radius 2 is 2.47 bits per heavy atom. The highest BCUT2D eigenvalue weighted by atomic mass is 16.6. The summed E-state index contributed by atoms with van der Waals surface area (Å²) >= 11 is 0. The molecule has 0 atom stereocenters. The fraction of sp³-hybridized carbons (Fsp3) is 0.429. The van der Waals surface area contributed by atoms with Gasteiger partial charge >= 0.3 is 5.82 Å². The van der Waals surface area contributed by atoms with Gasteiger partial charge in [0.1, 0.15) is 0 Å². The van der Waals surface area contributed by atoms with Crippen molar-refractivity contribution in [2.24, 2.45) is 5.84 Å². The van der Waals surface area contributed by atoms with Crippen molar-refractivity contribution in [2.45, 2.75) is 19.9 Å². The molecule has 0 aliphatic carbocycles. The lowest BCUT2D eigenvalue weighted by atomic mass is 10.4. The first kappa shape index (κ1) is 11.1. The number of hydrazine groups is 1. The van der Waals surface area contributed by atoms with Gasteiger partial charge in [0.2, 0.25) is 5.91 Å². The smallest absolute Gasteiger partial charge is 0.358 e. The minimum Gasteiger partial charge on any atom is -0.358 e. The van der Waals surface area contributed by atoms with E-state index in [1.165, 1.54) is 10.7 Å². The van der Waals surface area contributed by atoms with Crippen LogP contribution < -0.4 is 11.3 Å². The monoisotopic (exact) mass is 213 g/mol. The maximum Gasteiger partial charge on any atom is 0.390 e. The van der Waals surface area contributed by atoms with Crippen LogP contribution in [0.1, 0.15) is 12.1 Å². The Morgan fingerprint density at radius 3 is 2.93 bits per heavy atom. The highest BCUT2D eigenvalue weighted by Gasteiger charge is 2.15. The number of amides is 1. The molecule has 0 saturated carbocycles. The van der Waals surface area contributed by atoms with E-state index in [1.807, 2.05) is 5.43 Å². The Balaban J connectivity index is 2.69. The van der Waals surface area contributed by atoms with Crippen molar-refractivity contribution in [2.75, 3.05) is 0 Å². The van der Waals surface area contributed by atoms with E-state index in [0.717, 1.165) is 0 Å². The van der Waals surface area contributed by atoms with Gasteiger partial charge in [-0.1, -0.05) is 0 Å². The first-order valence-corrected chi connectivity index (χ1v) is 4.23. The molecule has 0 radical (unpaired) electrons. The lowest BCUT2D eigenvalue weighted by molar-refractivity contribution is -0.389. The normalized spacial score (nSPS) is 10.0. The van der Waals surface area contributed by atoms with Gasteiger partial charge in [-0.3, -0.25) is 10.2 Å². The molecule has 1 amide bonds. The van der Waals surface area contributed by atoms with Crippen molar-refractivity contribution in [3.63, 3.8) is 0 Å². The lowest BCUT2D eigenvalue weighted by Crippen LogP contribution is -2.30. The summed E-state index contributed by atoms with van der Waals surface area (Å²) in [6.07, 6.45) is 0.135. The first-order valence-electron chi connectivity index (χ1n) is 4.23. The highest BCUT2D eigenvalue weighted by Crippen LogP contribution is 2.10. The third-order valence-corrected chi connectivity index (χ3v) is 1.87. The molecule has 1 aromatic heterocycles. The molecule has 3 N–H and O–H groups in total. The van der Waals surface area contributed by atoms with Gasteiger partial charge < -0.3 is 10.1 Å². The summed E-state index contributed by atoms with van der Waals surface area (Å²) in [5, 5.41) is 14.1. The van der Waals surface area contributed by atoms with Gasteiger partial charge in [-0.15, -0.1) is 0 Å². The Morgan fingerprint density at radius 1 is 1.80 bits per heavy atom. The number of carbonyl (C=O) groups is 1. The molecule has 1 rings (SSSR count). The topological polar surface area (TPSA) is 116 Å². The molecule has 8 nitrogen and oxygen atoms in total. The molecular weight excluding hydrogens is 202 g/mol. The summed E-state index contributed by atoms with van der Waals surface area (Å²) in [6.45, 7) is 1.95. The van der Waals surface area contributed by atoms with Gasteiger partial charge in [0.25, 0.3) is 0 Å². The zero-order valence-corrected chi connectivity index (χ0v) is 8.14. The number of hydrogen-bond donors (Lipinski definition) is 2. The molecule has 0 aliphatic heterocycles. The molecule has 0 aliphatic rings. The van der Waals surface area contributed by atoms with Crippen LogP contribution in [0, 0.1) is 17.0 Å². The van der Waals surface area contributed by atoms with Crippen LogP contribution in [0.3, 0.4) is 0 Å². The average Bonchev–Trinajstić information content (AvgIpc) is 2.56. The Kier molecular flexibility index (Phi) is 3.34. The number of nitrogens with two attached hydrogens (primary N) is 1. The Hall–Kier alpha value is -1.96. The van der Waals surface area contributed by atoms with Crippen LogP contribution in [0.25, 0.3) is 0 Å². The van der Waals surface area contributed by atoms with Crippen LogP contribution >= 0.6 is 0 Å². The Labute approximate surface area is 85.2 Å². The molecule has 0 unspecified atom stereocenters. The van der Waals surface area contributed by atoms with Crippen LogP contribution in [0.4, 0.5) is 5.82 Å². The van der Waals surface area contributed by atoms with Gasteiger partial charge in [0.05, 0.1) is 23.4 Å². The molecule has 1 aromatic rings. The van der Waals surface area contributed by atoms with E-state index in [1.54, 1.807) is 6.92 Å². The van der Waals surface area contributed by atoms with E-state index in [-0.39, 0.29) is 24.7 Å². The quantitative estimate of drug-likeness (QED) is 0.302. The van der Waals surface area contributed by atoms with Crippen LogP contribution in [-0.4, -0.2) is 20.6 Å². The molecule has 0 aromatic carbocycles. The number of aryl methyl sites for hydroxylation is 2. The number of nitro groups is 1. The Bertz CT molecular complexity index is 386. The van der Waals surface area contributed by atoms with Gasteiger partial charge in [-0.25, -0.2) is 5.84 Å². The predicted molar refractivity (Wildman–Crippen MR) is 50.6 cm³/mol. The first-order chi connectivity index (χ1) is 7.04. The van der Waals surface area contributed by atoms with Crippen molar-refractivity contribution in [3.05, 3.63) is 21.9 Å². The van der Waals surface area contributed by atoms with Gasteiger partial charge in [-0.2, -0.15) is 4.68 Å². The number of nitrogens with one attached hydrogen (secondary N) is 1. The lowest BCUT2D eigenvalue weighted by Gasteiger charge is -1.98. The van der Waals surface area contributed by atoms with Crippen LogP contribution in [-0.2, 0) is 11.3 Å². The zero-order chi connectivity index (χ0) is 11.4. The standard InChI is InChI=1S/C7H11N5O3/c1-5-4-6(12(14)15)10-11(5)3-2-7(13)9-8/h4H,2-3,8H2,1H3,(H,9,13). The number of aromatic nitrogens is 2. The molecular formula is C7H11N5O3. The van der Waals surface area contributed by atoms with Gasteiger partial charge in [0.15, 0.2) is 0 Å². The molecule has 0 bridgehead atoms. The van der Waals surface area contributed by atoms with E-state index in [4.69, 9.17) is 5.84 Å². The fourth-order valence-corrected chi connectivity index (χ4v) is 1.09. The van der Waals surface area contributed by atoms with Crippen molar-refractivity contribution in [1.29, 1.82) is 0 Å². The van der Waals surface area contributed by atoms with E-state index in [2.05, 4.69) is 5.10 Å². The second-order valence-corrected chi connectivity index (χ2v) is 2.94. The molecule has 0 spiro atoms.